The molecule has 0 saturated carbocycles. The molecule has 6 heteroatoms. The second-order valence-corrected chi connectivity index (χ2v) is 3.73. The second kappa shape index (κ2) is 6.46. The number of H-pyrrole nitrogens is 1. The lowest BCUT2D eigenvalue weighted by Gasteiger charge is -2.02. The van der Waals surface area contributed by atoms with Crippen LogP contribution in [-0.2, 0) is 0 Å². The van der Waals surface area contributed by atoms with Crippen molar-refractivity contribution >= 4 is 23.4 Å². The molecular formula is C12H11ClN2O3. The van der Waals surface area contributed by atoms with E-state index in [1.807, 2.05) is 0 Å². The van der Waals surface area contributed by atoms with Gasteiger partial charge in [0.2, 0.25) is 0 Å². The highest BCUT2D eigenvalue weighted by Crippen LogP contribution is 2.05. The van der Waals surface area contributed by atoms with Crippen molar-refractivity contribution in [3.8, 4) is 5.75 Å². The summed E-state index contributed by atoms with van der Waals surface area (Å²) in [4.78, 5) is 13.0. The zero-order valence-corrected chi connectivity index (χ0v) is 10.0. The van der Waals surface area contributed by atoms with Crippen LogP contribution in [0.5, 0.6) is 5.75 Å². The van der Waals surface area contributed by atoms with E-state index in [0.29, 0.717) is 10.8 Å². The van der Waals surface area contributed by atoms with Crippen molar-refractivity contribution in [2.75, 3.05) is 5.73 Å². The van der Waals surface area contributed by atoms with E-state index in [-0.39, 0.29) is 11.3 Å². The van der Waals surface area contributed by atoms with Gasteiger partial charge in [-0.25, -0.2) is 9.78 Å². The molecule has 4 N–H and O–H groups in total. The van der Waals surface area contributed by atoms with Crippen molar-refractivity contribution in [3.63, 3.8) is 0 Å². The van der Waals surface area contributed by atoms with Crippen molar-refractivity contribution in [2.45, 2.75) is 0 Å². The lowest BCUT2D eigenvalue weighted by molar-refractivity contribution is -0.360. The van der Waals surface area contributed by atoms with Gasteiger partial charge in [0.1, 0.15) is 6.20 Å². The Morgan fingerprint density at radius 3 is 2.22 bits per heavy atom. The maximum absolute atomic E-state index is 10.5. The van der Waals surface area contributed by atoms with Gasteiger partial charge in [-0.15, -0.1) is 5.75 Å². The van der Waals surface area contributed by atoms with E-state index >= 15 is 0 Å². The molecule has 94 valence electrons. The summed E-state index contributed by atoms with van der Waals surface area (Å²) in [6.07, 6.45) is 1.64. The first-order valence-electron chi connectivity index (χ1n) is 4.92. The zero-order chi connectivity index (χ0) is 13.5. The number of aromatic carboxylic acids is 1. The average Bonchev–Trinajstić information content (AvgIpc) is 2.34. The quantitative estimate of drug-likeness (QED) is 0.810. The van der Waals surface area contributed by atoms with Gasteiger partial charge in [-0.2, -0.15) is 0 Å². The van der Waals surface area contributed by atoms with E-state index in [2.05, 4.69) is 4.98 Å². The summed E-state index contributed by atoms with van der Waals surface area (Å²) in [5.41, 5.74) is 5.45. The van der Waals surface area contributed by atoms with Crippen LogP contribution in [0.3, 0.4) is 0 Å². The number of nitrogen functional groups attached to an aromatic ring is 1. The molecule has 1 heterocycles. The first kappa shape index (κ1) is 13.8. The largest absolute Gasteiger partial charge is 0.872 e. The van der Waals surface area contributed by atoms with Gasteiger partial charge in [-0.3, -0.25) is 5.73 Å². The third-order valence-corrected chi connectivity index (χ3v) is 2.14. The number of aromatic nitrogens is 1. The smallest absolute Gasteiger partial charge is 0.335 e. The van der Waals surface area contributed by atoms with Crippen LogP contribution in [0.1, 0.15) is 10.4 Å². The molecule has 0 aliphatic carbocycles. The number of anilines is 1. The Morgan fingerprint density at radius 2 is 1.83 bits per heavy atom. The minimum atomic E-state index is -1.01. The molecule has 0 unspecified atom stereocenters. The van der Waals surface area contributed by atoms with Crippen molar-refractivity contribution in [1.82, 2.24) is 0 Å². The van der Waals surface area contributed by atoms with Gasteiger partial charge in [0.15, 0.2) is 0 Å². The first-order valence-corrected chi connectivity index (χ1v) is 5.30. The number of carbonyl (C=O) groups is 1. The van der Waals surface area contributed by atoms with Crippen LogP contribution in [0.4, 0.5) is 5.82 Å². The van der Waals surface area contributed by atoms with E-state index < -0.39 is 5.97 Å². The van der Waals surface area contributed by atoms with Gasteiger partial charge >= 0.3 is 5.97 Å². The molecular weight excluding hydrogens is 256 g/mol. The lowest BCUT2D eigenvalue weighted by atomic mass is 10.2. The van der Waals surface area contributed by atoms with E-state index in [4.69, 9.17) is 22.4 Å². The summed E-state index contributed by atoms with van der Waals surface area (Å²) in [5.74, 6) is -0.570. The minimum absolute atomic E-state index is 0.139. The number of benzene rings is 1. The third kappa shape index (κ3) is 4.71. The molecule has 0 atom stereocenters. The molecule has 0 spiro atoms. The van der Waals surface area contributed by atoms with Gasteiger partial charge in [-0.05, 0) is 18.2 Å². The summed E-state index contributed by atoms with van der Waals surface area (Å²) < 4.78 is 0. The lowest BCUT2D eigenvalue weighted by Crippen LogP contribution is -2.07. The summed E-state index contributed by atoms with van der Waals surface area (Å²) >= 11 is 5.52. The van der Waals surface area contributed by atoms with Crippen LogP contribution in [0.25, 0.3) is 0 Å². The highest BCUT2D eigenvalue weighted by Gasteiger charge is 1.97. The molecule has 1 aromatic carbocycles. The van der Waals surface area contributed by atoms with Crippen LogP contribution in [0, 0.1) is 0 Å². The number of hydrogen-bond acceptors (Lipinski definition) is 3. The summed E-state index contributed by atoms with van der Waals surface area (Å²) in [6, 6.07) is 8.46. The Kier molecular flexibility index (Phi) is 4.95. The number of hydrogen-bond donors (Lipinski definition) is 2. The molecule has 0 bridgehead atoms. The average molecular weight is 267 g/mol. The van der Waals surface area contributed by atoms with E-state index in [1.165, 1.54) is 24.3 Å². The van der Waals surface area contributed by atoms with Crippen LogP contribution < -0.4 is 15.8 Å². The Labute approximate surface area is 108 Å². The molecule has 0 aliphatic rings. The molecule has 1 aromatic heterocycles. The number of carboxylic acids is 1. The third-order valence-electron chi connectivity index (χ3n) is 1.90. The molecule has 2 rings (SSSR count). The predicted molar refractivity (Wildman–Crippen MR) is 65.3 cm³/mol. The van der Waals surface area contributed by atoms with Crippen LogP contribution >= 0.6 is 11.6 Å². The highest BCUT2D eigenvalue weighted by atomic mass is 35.5. The van der Waals surface area contributed by atoms with Gasteiger partial charge in [0, 0.05) is 6.07 Å². The molecule has 2 aromatic rings. The standard InChI is InChI=1S/C7H6O3.C5H5ClN2/c8-6-3-1-5(2-4-6)7(9)10;6-4-1-2-5(7)8-3-4/h1-4,8H,(H,9,10);1-3H,(H2,7,8). The van der Waals surface area contributed by atoms with Gasteiger partial charge in [0.25, 0.3) is 5.82 Å². The Balaban J connectivity index is 0.000000184. The number of nitrogens with two attached hydrogens (primary N) is 1. The summed E-state index contributed by atoms with van der Waals surface area (Å²) in [5, 5.41) is 19.5. The fourth-order valence-corrected chi connectivity index (χ4v) is 1.13. The SMILES string of the molecule is Nc1ccc(Cl)c[nH+]1.O=C(O)c1ccc([O-])cc1. The fourth-order valence-electron chi connectivity index (χ4n) is 1.02. The molecule has 0 aliphatic heterocycles. The molecule has 0 saturated heterocycles. The van der Waals surface area contributed by atoms with E-state index in [1.54, 1.807) is 18.3 Å². The number of aromatic amines is 1. The summed E-state index contributed by atoms with van der Waals surface area (Å²) in [6.45, 7) is 0. The van der Waals surface area contributed by atoms with Gasteiger partial charge < -0.3 is 10.2 Å². The fraction of sp³-hybridized carbons (Fsp3) is 0. The van der Waals surface area contributed by atoms with Gasteiger partial charge in [0.05, 0.1) is 10.6 Å². The number of carboxylic acid groups (broad SMARTS) is 1. The summed E-state index contributed by atoms with van der Waals surface area (Å²) in [7, 11) is 0. The Bertz CT molecular complexity index is 491. The van der Waals surface area contributed by atoms with Crippen LogP contribution in [0.2, 0.25) is 5.02 Å². The minimum Gasteiger partial charge on any atom is -0.872 e. The number of halogens is 1. The normalized spacial score (nSPS) is 9.17. The van der Waals surface area contributed by atoms with Crippen molar-refractivity contribution in [3.05, 3.63) is 53.2 Å². The Morgan fingerprint density at radius 1 is 1.22 bits per heavy atom. The topological polar surface area (TPSA) is 101 Å². The zero-order valence-electron chi connectivity index (χ0n) is 9.26. The maximum Gasteiger partial charge on any atom is 0.335 e. The highest BCUT2D eigenvalue weighted by molar-refractivity contribution is 6.30. The molecule has 0 radical (unpaired) electrons. The van der Waals surface area contributed by atoms with Crippen molar-refractivity contribution in [2.24, 2.45) is 0 Å². The molecule has 0 amide bonds. The monoisotopic (exact) mass is 266 g/mol. The maximum atomic E-state index is 10.5. The van der Waals surface area contributed by atoms with Crippen LogP contribution in [-0.4, -0.2) is 11.1 Å². The predicted octanol–water partition coefficient (Wildman–Crippen LogP) is 1.19. The number of nitrogens with one attached hydrogen (secondary N) is 1. The van der Waals surface area contributed by atoms with Crippen LogP contribution in [0.15, 0.2) is 42.6 Å². The number of pyridine rings is 1. The Hall–Kier alpha value is -2.27. The first-order chi connectivity index (χ1) is 8.49. The molecule has 18 heavy (non-hydrogen) atoms. The van der Waals surface area contributed by atoms with E-state index in [0.717, 1.165) is 0 Å². The molecule has 0 fully saturated rings. The van der Waals surface area contributed by atoms with Crippen molar-refractivity contribution < 1.29 is 20.0 Å². The second-order valence-electron chi connectivity index (χ2n) is 3.29. The molecule has 5 nitrogen and oxygen atoms in total. The van der Waals surface area contributed by atoms with Gasteiger partial charge in [-0.1, -0.05) is 23.7 Å². The van der Waals surface area contributed by atoms with Crippen molar-refractivity contribution in [1.29, 1.82) is 0 Å². The van der Waals surface area contributed by atoms with E-state index in [9.17, 15) is 9.90 Å². The number of rotatable bonds is 1.